The van der Waals surface area contributed by atoms with Crippen LogP contribution in [0.5, 0.6) is 5.75 Å². The van der Waals surface area contributed by atoms with Crippen LogP contribution < -0.4 is 4.74 Å². The molecule has 5 nitrogen and oxygen atoms in total. The van der Waals surface area contributed by atoms with E-state index in [4.69, 9.17) is 16.3 Å². The van der Waals surface area contributed by atoms with Crippen LogP contribution in [0.1, 0.15) is 55.2 Å². The van der Waals surface area contributed by atoms with E-state index < -0.39 is 0 Å². The van der Waals surface area contributed by atoms with Crippen LogP contribution >= 0.6 is 22.9 Å². The summed E-state index contributed by atoms with van der Waals surface area (Å²) in [7, 11) is 0. The number of hydrogen-bond acceptors (Lipinski definition) is 4. The fourth-order valence-corrected chi connectivity index (χ4v) is 5.33. The molecule has 7 heteroatoms. The number of fused-ring (bicyclic) bond motifs is 1. The summed E-state index contributed by atoms with van der Waals surface area (Å²) in [6.45, 7) is 8.06. The molecule has 178 valence electrons. The first-order valence-electron chi connectivity index (χ1n) is 11.9. The first-order valence-corrected chi connectivity index (χ1v) is 13.1. The molecule has 0 radical (unpaired) electrons. The van der Waals surface area contributed by atoms with E-state index in [1.54, 1.807) is 16.2 Å². The number of nitrogens with zero attached hydrogens (tertiary/aromatic N) is 2. The van der Waals surface area contributed by atoms with Crippen molar-refractivity contribution >= 4 is 34.8 Å². The van der Waals surface area contributed by atoms with E-state index in [2.05, 4.69) is 25.3 Å². The van der Waals surface area contributed by atoms with Gasteiger partial charge < -0.3 is 14.5 Å². The van der Waals surface area contributed by atoms with Crippen LogP contribution in [0.2, 0.25) is 5.02 Å². The standard InChI is InChI=1S/C26H33ClN2O3S/c1-17(2)8-11-28(26(31)19-4-5-19)15-25(30)29-12-9-24-21(10-13-33-24)23(29)16-32-20-6-7-22(27)18(3)14-20/h6-7,10,13-14,17,19,23H,4-5,8-9,11-12,15-16H2,1-3H3. The third kappa shape index (κ3) is 5.90. The van der Waals surface area contributed by atoms with Crippen LogP contribution in [-0.4, -0.2) is 47.9 Å². The van der Waals surface area contributed by atoms with Crippen molar-refractivity contribution in [1.29, 1.82) is 0 Å². The molecule has 1 aromatic heterocycles. The zero-order valence-electron chi connectivity index (χ0n) is 19.7. The smallest absolute Gasteiger partial charge is 0.242 e. The van der Waals surface area contributed by atoms with Gasteiger partial charge in [-0.15, -0.1) is 11.3 Å². The van der Waals surface area contributed by atoms with Crippen molar-refractivity contribution in [1.82, 2.24) is 9.80 Å². The number of hydrogen-bond donors (Lipinski definition) is 0. The van der Waals surface area contributed by atoms with Gasteiger partial charge in [0.1, 0.15) is 12.4 Å². The summed E-state index contributed by atoms with van der Waals surface area (Å²) in [6, 6.07) is 7.56. The molecule has 33 heavy (non-hydrogen) atoms. The number of carbonyl (C=O) groups excluding carboxylic acids is 2. The molecule has 2 aromatic rings. The van der Waals surface area contributed by atoms with E-state index in [0.29, 0.717) is 30.6 Å². The lowest BCUT2D eigenvalue weighted by Gasteiger charge is -2.37. The van der Waals surface area contributed by atoms with E-state index in [1.165, 1.54) is 4.88 Å². The van der Waals surface area contributed by atoms with Crippen molar-refractivity contribution in [2.24, 2.45) is 11.8 Å². The maximum Gasteiger partial charge on any atom is 0.242 e. The highest BCUT2D eigenvalue weighted by molar-refractivity contribution is 7.10. The van der Waals surface area contributed by atoms with Crippen LogP contribution in [0.4, 0.5) is 0 Å². The summed E-state index contributed by atoms with van der Waals surface area (Å²) in [4.78, 5) is 31.4. The number of benzene rings is 1. The first kappa shape index (κ1) is 24.1. The Hall–Kier alpha value is -2.05. The molecule has 4 rings (SSSR count). The molecular formula is C26H33ClN2O3S. The van der Waals surface area contributed by atoms with E-state index in [0.717, 1.165) is 42.6 Å². The fourth-order valence-electron chi connectivity index (χ4n) is 4.28. The van der Waals surface area contributed by atoms with Gasteiger partial charge in [-0.2, -0.15) is 0 Å². The van der Waals surface area contributed by atoms with Gasteiger partial charge in [0, 0.05) is 28.9 Å². The topological polar surface area (TPSA) is 49.9 Å². The lowest BCUT2D eigenvalue weighted by atomic mass is 10.00. The Morgan fingerprint density at radius 3 is 2.76 bits per heavy atom. The molecule has 1 aliphatic heterocycles. The number of aryl methyl sites for hydroxylation is 1. The summed E-state index contributed by atoms with van der Waals surface area (Å²) in [6.07, 6.45) is 3.65. The lowest BCUT2D eigenvalue weighted by Crippen LogP contribution is -2.48. The number of rotatable bonds is 9. The van der Waals surface area contributed by atoms with Crippen molar-refractivity contribution in [3.8, 4) is 5.75 Å². The molecule has 1 aromatic carbocycles. The molecule has 1 unspecified atom stereocenters. The predicted molar refractivity (Wildman–Crippen MR) is 133 cm³/mol. The minimum absolute atomic E-state index is 0.00509. The zero-order valence-corrected chi connectivity index (χ0v) is 21.3. The molecule has 0 bridgehead atoms. The lowest BCUT2D eigenvalue weighted by molar-refractivity contribution is -0.143. The second-order valence-corrected chi connectivity index (χ2v) is 11.0. The largest absolute Gasteiger partial charge is 0.491 e. The Kier molecular flexibility index (Phi) is 7.65. The van der Waals surface area contributed by atoms with Gasteiger partial charge in [0.2, 0.25) is 11.8 Å². The summed E-state index contributed by atoms with van der Waals surface area (Å²) >= 11 is 7.89. The third-order valence-electron chi connectivity index (χ3n) is 6.49. The third-order valence-corrected chi connectivity index (χ3v) is 7.91. The van der Waals surface area contributed by atoms with E-state index in [1.807, 2.05) is 30.0 Å². The van der Waals surface area contributed by atoms with Gasteiger partial charge in [-0.1, -0.05) is 25.4 Å². The summed E-state index contributed by atoms with van der Waals surface area (Å²) < 4.78 is 6.14. The van der Waals surface area contributed by atoms with Gasteiger partial charge in [0.05, 0.1) is 12.6 Å². The Labute approximate surface area is 205 Å². The summed E-state index contributed by atoms with van der Waals surface area (Å²) in [5, 5.41) is 2.79. The Bertz CT molecular complexity index is 1000. The van der Waals surface area contributed by atoms with Crippen molar-refractivity contribution in [3.05, 3.63) is 50.7 Å². The average molecular weight is 489 g/mol. The number of carbonyl (C=O) groups is 2. The van der Waals surface area contributed by atoms with Gasteiger partial charge >= 0.3 is 0 Å². The summed E-state index contributed by atoms with van der Waals surface area (Å²) in [5.74, 6) is 1.49. The minimum atomic E-state index is -0.161. The summed E-state index contributed by atoms with van der Waals surface area (Å²) in [5.41, 5.74) is 2.12. The highest BCUT2D eigenvalue weighted by Gasteiger charge is 2.37. The van der Waals surface area contributed by atoms with Crippen molar-refractivity contribution < 1.29 is 14.3 Å². The molecule has 0 N–H and O–H groups in total. The van der Waals surface area contributed by atoms with Crippen LogP contribution in [0, 0.1) is 18.8 Å². The normalized spacial score (nSPS) is 17.7. The molecule has 0 saturated heterocycles. The molecule has 1 saturated carbocycles. The second kappa shape index (κ2) is 10.5. The molecule has 1 fully saturated rings. The number of halogens is 1. The Balaban J connectivity index is 1.49. The van der Waals surface area contributed by atoms with Crippen molar-refractivity contribution in [3.63, 3.8) is 0 Å². The maximum absolute atomic E-state index is 13.5. The van der Waals surface area contributed by atoms with Crippen LogP contribution in [0.15, 0.2) is 29.6 Å². The molecule has 2 amide bonds. The zero-order chi connectivity index (χ0) is 23.5. The van der Waals surface area contributed by atoms with Gasteiger partial charge in [0.25, 0.3) is 0 Å². The fraction of sp³-hybridized carbons (Fsp3) is 0.538. The number of thiophene rings is 1. The van der Waals surface area contributed by atoms with E-state index in [-0.39, 0.29) is 30.3 Å². The minimum Gasteiger partial charge on any atom is -0.491 e. The highest BCUT2D eigenvalue weighted by Crippen LogP contribution is 2.35. The predicted octanol–water partition coefficient (Wildman–Crippen LogP) is 5.50. The molecule has 2 aliphatic rings. The van der Waals surface area contributed by atoms with Crippen LogP contribution in [0.25, 0.3) is 0 Å². The first-order chi connectivity index (χ1) is 15.8. The molecule has 1 atom stereocenters. The van der Waals surface area contributed by atoms with Crippen molar-refractivity contribution in [2.45, 2.75) is 52.5 Å². The highest BCUT2D eigenvalue weighted by atomic mass is 35.5. The van der Waals surface area contributed by atoms with Gasteiger partial charge in [-0.3, -0.25) is 9.59 Å². The molecular weight excluding hydrogens is 456 g/mol. The van der Waals surface area contributed by atoms with E-state index in [9.17, 15) is 9.59 Å². The molecule has 2 heterocycles. The maximum atomic E-state index is 13.5. The SMILES string of the molecule is Cc1cc(OCC2c3ccsc3CCN2C(=O)CN(CCC(C)C)C(=O)C2CC2)ccc1Cl. The van der Waals surface area contributed by atoms with Crippen molar-refractivity contribution in [2.75, 3.05) is 26.2 Å². The quantitative estimate of drug-likeness (QED) is 0.468. The Morgan fingerprint density at radius 1 is 1.27 bits per heavy atom. The van der Waals surface area contributed by atoms with Gasteiger partial charge in [-0.25, -0.2) is 0 Å². The second-order valence-electron chi connectivity index (χ2n) is 9.59. The van der Waals surface area contributed by atoms with Gasteiger partial charge in [0.15, 0.2) is 0 Å². The monoisotopic (exact) mass is 488 g/mol. The van der Waals surface area contributed by atoms with Crippen LogP contribution in [-0.2, 0) is 16.0 Å². The number of ether oxygens (including phenoxy) is 1. The van der Waals surface area contributed by atoms with Crippen LogP contribution in [0.3, 0.4) is 0 Å². The average Bonchev–Trinajstić information content (AvgIpc) is 3.53. The Morgan fingerprint density at radius 2 is 2.06 bits per heavy atom. The van der Waals surface area contributed by atoms with E-state index >= 15 is 0 Å². The van der Waals surface area contributed by atoms with Gasteiger partial charge in [-0.05, 0) is 79.3 Å². The number of amides is 2. The molecule has 0 spiro atoms. The molecule has 1 aliphatic carbocycles.